The summed E-state index contributed by atoms with van der Waals surface area (Å²) in [6.45, 7) is 7.59. The monoisotopic (exact) mass is 554 g/mol. The first-order valence-corrected chi connectivity index (χ1v) is 14.2. The number of anilines is 3. The van der Waals surface area contributed by atoms with Crippen molar-refractivity contribution in [1.29, 1.82) is 0 Å². The Morgan fingerprint density at radius 3 is 2.39 bits per heavy atom. The van der Waals surface area contributed by atoms with Gasteiger partial charge in [-0.25, -0.2) is 32.6 Å². The van der Waals surface area contributed by atoms with Crippen LogP contribution in [0.2, 0.25) is 0 Å². The number of nitrogens with one attached hydrogen (secondary N) is 2. The number of nitrogens with zero attached hydrogens (tertiary/aromatic N) is 3. The Bertz CT molecular complexity index is 1600. The number of sulfone groups is 1. The largest absolute Gasteiger partial charge is 0.368 e. The summed E-state index contributed by atoms with van der Waals surface area (Å²) in [7, 11) is -3.36. The van der Waals surface area contributed by atoms with Crippen LogP contribution in [0.4, 0.5) is 26.5 Å². The van der Waals surface area contributed by atoms with Gasteiger partial charge in [0.05, 0.1) is 31.9 Å². The van der Waals surface area contributed by atoms with E-state index in [0.717, 1.165) is 5.01 Å². The molecule has 0 aliphatic rings. The van der Waals surface area contributed by atoms with Crippen LogP contribution < -0.4 is 16.4 Å². The quantitative estimate of drug-likeness (QED) is 0.277. The third-order valence-electron chi connectivity index (χ3n) is 5.53. The van der Waals surface area contributed by atoms with E-state index in [9.17, 15) is 13.2 Å². The second-order valence-electron chi connectivity index (χ2n) is 9.42. The van der Waals surface area contributed by atoms with Crippen molar-refractivity contribution < 1.29 is 17.6 Å². The SMILES string of the molecule is CCS(=O)(=O)c1ccc(NC(=O)Nc2cccc(-c3sc(C(C)(C)C)nc3-c3ccnc(N)n3)c2F)cc1. The van der Waals surface area contributed by atoms with Crippen LogP contribution in [0, 0.1) is 5.82 Å². The molecule has 0 spiro atoms. The van der Waals surface area contributed by atoms with E-state index in [0.29, 0.717) is 22.0 Å². The van der Waals surface area contributed by atoms with E-state index in [1.165, 1.54) is 47.9 Å². The van der Waals surface area contributed by atoms with Crippen molar-refractivity contribution >= 4 is 44.5 Å². The van der Waals surface area contributed by atoms with Crippen LogP contribution in [0.25, 0.3) is 21.8 Å². The van der Waals surface area contributed by atoms with Crippen molar-refractivity contribution in [3.63, 3.8) is 0 Å². The van der Waals surface area contributed by atoms with E-state index in [2.05, 4.69) is 20.6 Å². The van der Waals surface area contributed by atoms with E-state index in [1.807, 2.05) is 20.8 Å². The molecular weight excluding hydrogens is 527 g/mol. The fourth-order valence-electron chi connectivity index (χ4n) is 3.50. The lowest BCUT2D eigenvalue weighted by Gasteiger charge is -2.13. The summed E-state index contributed by atoms with van der Waals surface area (Å²) < 4.78 is 39.8. The molecule has 0 unspecified atom stereocenters. The molecule has 2 aromatic heterocycles. The molecule has 0 bridgehead atoms. The van der Waals surface area contributed by atoms with Gasteiger partial charge in [-0.05, 0) is 36.4 Å². The van der Waals surface area contributed by atoms with Crippen molar-refractivity contribution in [2.24, 2.45) is 0 Å². The molecule has 0 saturated heterocycles. The zero-order chi connectivity index (χ0) is 27.7. The summed E-state index contributed by atoms with van der Waals surface area (Å²) >= 11 is 1.34. The number of halogens is 1. The van der Waals surface area contributed by atoms with Crippen molar-refractivity contribution in [2.45, 2.75) is 38.0 Å². The topological polar surface area (TPSA) is 140 Å². The summed E-state index contributed by atoms with van der Waals surface area (Å²) in [5.74, 6) is -0.592. The number of nitrogens with two attached hydrogens (primary N) is 1. The van der Waals surface area contributed by atoms with Gasteiger partial charge in [0.2, 0.25) is 5.95 Å². The second-order valence-corrected chi connectivity index (χ2v) is 12.7. The number of nitrogen functional groups attached to an aromatic ring is 1. The molecule has 2 amide bonds. The number of carbonyl (C=O) groups is 1. The molecule has 4 rings (SSSR count). The predicted octanol–water partition coefficient (Wildman–Crippen LogP) is 5.72. The first-order valence-electron chi connectivity index (χ1n) is 11.7. The Kier molecular flexibility index (Phi) is 7.47. The number of aromatic nitrogens is 3. The zero-order valence-corrected chi connectivity index (χ0v) is 22.9. The molecule has 0 atom stereocenters. The summed E-state index contributed by atoms with van der Waals surface area (Å²) in [6.07, 6.45) is 1.51. The number of amides is 2. The standard InChI is InChI=1S/C26H27FN6O3S2/c1-5-38(35,36)16-11-9-15(10-12-16)30-25(34)32-18-8-6-7-17(20(18)27)22-21(19-13-14-29-24(28)31-19)33-23(37-22)26(2,3)4/h6-14H,5H2,1-4H3,(H2,28,29,31)(H2,30,32,34). The highest BCUT2D eigenvalue weighted by Crippen LogP contribution is 2.42. The van der Waals surface area contributed by atoms with Crippen molar-refractivity contribution in [2.75, 3.05) is 22.1 Å². The third kappa shape index (κ3) is 5.81. The average molecular weight is 555 g/mol. The van der Waals surface area contributed by atoms with Crippen LogP contribution in [-0.2, 0) is 15.3 Å². The molecule has 2 heterocycles. The van der Waals surface area contributed by atoms with Crippen molar-refractivity contribution in [3.05, 3.63) is 65.6 Å². The van der Waals surface area contributed by atoms with Crippen molar-refractivity contribution in [1.82, 2.24) is 15.0 Å². The fourth-order valence-corrected chi connectivity index (χ4v) is 5.54. The fraction of sp³-hybridized carbons (Fsp3) is 0.231. The number of hydrogen-bond donors (Lipinski definition) is 3. The molecular formula is C26H27FN6O3S2. The van der Waals surface area contributed by atoms with Gasteiger partial charge in [-0.15, -0.1) is 11.3 Å². The lowest BCUT2D eigenvalue weighted by atomic mass is 9.98. The van der Waals surface area contributed by atoms with E-state index < -0.39 is 21.7 Å². The van der Waals surface area contributed by atoms with Crippen LogP contribution in [0.3, 0.4) is 0 Å². The van der Waals surface area contributed by atoms with E-state index >= 15 is 4.39 Å². The number of carbonyl (C=O) groups excluding carboxylic acids is 1. The van der Waals surface area contributed by atoms with Gasteiger partial charge in [-0.2, -0.15) is 0 Å². The molecule has 0 aliphatic heterocycles. The van der Waals surface area contributed by atoms with E-state index in [4.69, 9.17) is 10.7 Å². The maximum absolute atomic E-state index is 15.8. The summed E-state index contributed by atoms with van der Waals surface area (Å²) in [6, 6.07) is 11.4. The van der Waals surface area contributed by atoms with Gasteiger partial charge in [-0.3, -0.25) is 0 Å². The number of benzene rings is 2. The molecule has 0 saturated carbocycles. The smallest absolute Gasteiger partial charge is 0.323 e. The maximum Gasteiger partial charge on any atom is 0.323 e. The summed E-state index contributed by atoms with van der Waals surface area (Å²) in [4.78, 5) is 26.3. The van der Waals surface area contributed by atoms with Crippen LogP contribution in [0.15, 0.2) is 59.6 Å². The minimum Gasteiger partial charge on any atom is -0.368 e. The van der Waals surface area contributed by atoms with Crippen LogP contribution in [0.5, 0.6) is 0 Å². The minimum absolute atomic E-state index is 0.0286. The lowest BCUT2D eigenvalue weighted by molar-refractivity contribution is 0.262. The zero-order valence-electron chi connectivity index (χ0n) is 21.2. The molecule has 12 heteroatoms. The molecule has 38 heavy (non-hydrogen) atoms. The third-order valence-corrected chi connectivity index (χ3v) is 8.79. The Morgan fingerprint density at radius 2 is 1.76 bits per heavy atom. The lowest BCUT2D eigenvalue weighted by Crippen LogP contribution is -2.20. The molecule has 4 aromatic rings. The molecule has 198 valence electrons. The minimum atomic E-state index is -3.36. The summed E-state index contributed by atoms with van der Waals surface area (Å²) in [5.41, 5.74) is 6.98. The second kappa shape index (κ2) is 10.5. The van der Waals surface area contributed by atoms with Gasteiger partial charge in [0, 0.05) is 22.9 Å². The highest BCUT2D eigenvalue weighted by atomic mass is 32.2. The number of urea groups is 1. The molecule has 4 N–H and O–H groups in total. The predicted molar refractivity (Wildman–Crippen MR) is 148 cm³/mol. The van der Waals surface area contributed by atoms with Crippen LogP contribution in [0.1, 0.15) is 32.7 Å². The summed E-state index contributed by atoms with van der Waals surface area (Å²) in [5, 5.41) is 5.90. The first-order chi connectivity index (χ1) is 17.9. The molecule has 2 aromatic carbocycles. The van der Waals surface area contributed by atoms with Crippen LogP contribution >= 0.6 is 11.3 Å². The van der Waals surface area contributed by atoms with Gasteiger partial charge >= 0.3 is 6.03 Å². The molecule has 9 nitrogen and oxygen atoms in total. The van der Waals surface area contributed by atoms with Crippen molar-refractivity contribution in [3.8, 4) is 21.8 Å². The van der Waals surface area contributed by atoms with Gasteiger partial charge in [0.15, 0.2) is 15.7 Å². The first kappa shape index (κ1) is 27.1. The van der Waals surface area contributed by atoms with E-state index in [-0.39, 0.29) is 33.3 Å². The van der Waals surface area contributed by atoms with Gasteiger partial charge in [0.25, 0.3) is 0 Å². The van der Waals surface area contributed by atoms with Crippen LogP contribution in [-0.4, -0.2) is 35.2 Å². The van der Waals surface area contributed by atoms with Gasteiger partial charge < -0.3 is 16.4 Å². The van der Waals surface area contributed by atoms with E-state index in [1.54, 1.807) is 25.1 Å². The molecule has 0 fully saturated rings. The van der Waals surface area contributed by atoms with Gasteiger partial charge in [0.1, 0.15) is 5.69 Å². The highest BCUT2D eigenvalue weighted by molar-refractivity contribution is 7.91. The molecule has 0 aliphatic carbocycles. The Balaban J connectivity index is 1.64. The highest BCUT2D eigenvalue weighted by Gasteiger charge is 2.26. The number of hydrogen-bond acceptors (Lipinski definition) is 8. The number of rotatable bonds is 6. The Labute approximate surface area is 224 Å². The maximum atomic E-state index is 15.8. The molecule has 0 radical (unpaired) electrons. The average Bonchev–Trinajstić information content (AvgIpc) is 3.32. The Hall–Kier alpha value is -3.90. The number of thiazole rings is 1. The normalized spacial score (nSPS) is 11.8. The Morgan fingerprint density at radius 1 is 1.05 bits per heavy atom. The van der Waals surface area contributed by atoms with Gasteiger partial charge in [-0.1, -0.05) is 39.8 Å².